The zero-order valence-corrected chi connectivity index (χ0v) is 11.1. The Balaban J connectivity index is 4.65. The lowest BCUT2D eigenvalue weighted by atomic mass is 10.2. The van der Waals surface area contributed by atoms with Crippen LogP contribution in [-0.2, 0) is 9.59 Å². The fourth-order valence-electron chi connectivity index (χ4n) is 1.47. The van der Waals surface area contributed by atoms with Crippen LogP contribution in [0, 0.1) is 0 Å². The van der Waals surface area contributed by atoms with E-state index in [1.165, 1.54) is 4.90 Å². The normalized spacial score (nSPS) is 12.0. The average Bonchev–Trinajstić information content (AvgIpc) is 2.27. The minimum Gasteiger partial charge on any atom is -0.480 e. The molecule has 0 spiro atoms. The van der Waals surface area contributed by atoms with Crippen molar-refractivity contribution in [2.24, 2.45) is 5.73 Å². The van der Waals surface area contributed by atoms with Gasteiger partial charge in [-0.2, -0.15) is 0 Å². The van der Waals surface area contributed by atoms with E-state index in [1.54, 1.807) is 13.8 Å². The highest BCUT2D eigenvalue weighted by molar-refractivity contribution is 5.87. The Labute approximate surface area is 111 Å². The van der Waals surface area contributed by atoms with Crippen LogP contribution >= 0.6 is 0 Å². The van der Waals surface area contributed by atoms with Gasteiger partial charge in [-0.15, -0.1) is 0 Å². The second kappa shape index (κ2) is 8.30. The Hall–Kier alpha value is -1.83. The predicted octanol–water partition coefficient (Wildman–Crippen LogP) is -0.883. The van der Waals surface area contributed by atoms with Crippen LogP contribution in [-0.4, -0.2) is 58.3 Å². The molecule has 0 aromatic carbocycles. The van der Waals surface area contributed by atoms with Crippen molar-refractivity contribution in [3.63, 3.8) is 0 Å². The van der Waals surface area contributed by atoms with Crippen molar-refractivity contribution in [3.8, 4) is 0 Å². The fraction of sp³-hybridized carbons (Fsp3) is 0.727. The van der Waals surface area contributed by atoms with Crippen LogP contribution in [0.5, 0.6) is 0 Å². The van der Waals surface area contributed by atoms with E-state index in [-0.39, 0.29) is 12.6 Å². The third-order valence-corrected chi connectivity index (χ3v) is 2.44. The van der Waals surface area contributed by atoms with Crippen molar-refractivity contribution >= 4 is 17.9 Å². The van der Waals surface area contributed by atoms with Gasteiger partial charge in [0.05, 0.1) is 6.42 Å². The van der Waals surface area contributed by atoms with Crippen LogP contribution in [0.1, 0.15) is 26.7 Å². The largest absolute Gasteiger partial charge is 0.480 e. The van der Waals surface area contributed by atoms with E-state index in [4.69, 9.17) is 15.9 Å². The van der Waals surface area contributed by atoms with Crippen molar-refractivity contribution in [2.75, 3.05) is 13.2 Å². The van der Waals surface area contributed by atoms with Gasteiger partial charge in [-0.3, -0.25) is 4.79 Å². The summed E-state index contributed by atoms with van der Waals surface area (Å²) in [7, 11) is 0. The number of urea groups is 1. The topological polar surface area (TPSA) is 133 Å². The number of carboxylic acids is 1. The van der Waals surface area contributed by atoms with E-state index in [0.717, 1.165) is 0 Å². The highest BCUT2D eigenvalue weighted by Crippen LogP contribution is 2.02. The lowest BCUT2D eigenvalue weighted by molar-refractivity contribution is -0.141. The molecule has 3 amide bonds. The van der Waals surface area contributed by atoms with Crippen LogP contribution in [0.2, 0.25) is 0 Å². The molecule has 8 heteroatoms. The average molecular weight is 275 g/mol. The summed E-state index contributed by atoms with van der Waals surface area (Å²) in [5.41, 5.74) is 4.92. The van der Waals surface area contributed by atoms with E-state index in [9.17, 15) is 14.4 Å². The standard InChI is InChI=1S/C11H21N3O5/c1-7(2)14(4-3-5-15)11(19)13-8(10(17)18)6-9(12)16/h7-8,15H,3-6H2,1-2H3,(H2,12,16)(H,13,19)(H,17,18)/t8-/m0/s1. The fourth-order valence-corrected chi connectivity index (χ4v) is 1.47. The summed E-state index contributed by atoms with van der Waals surface area (Å²) in [4.78, 5) is 34.9. The quantitative estimate of drug-likeness (QED) is 0.456. The number of aliphatic carboxylic acids is 1. The molecule has 0 unspecified atom stereocenters. The Morgan fingerprint density at radius 3 is 2.26 bits per heavy atom. The molecule has 0 saturated carbocycles. The Morgan fingerprint density at radius 1 is 1.32 bits per heavy atom. The number of nitrogens with two attached hydrogens (primary N) is 1. The molecule has 0 saturated heterocycles. The molecule has 110 valence electrons. The number of primary amides is 1. The molecular formula is C11H21N3O5. The zero-order chi connectivity index (χ0) is 15.0. The number of aliphatic hydroxyl groups is 1. The van der Waals surface area contributed by atoms with E-state index in [1.807, 2.05) is 0 Å². The van der Waals surface area contributed by atoms with Gasteiger partial charge in [0.15, 0.2) is 0 Å². The Bertz CT molecular complexity index is 332. The van der Waals surface area contributed by atoms with Crippen molar-refractivity contribution in [1.82, 2.24) is 10.2 Å². The first-order chi connectivity index (χ1) is 8.79. The van der Waals surface area contributed by atoms with E-state index in [0.29, 0.717) is 13.0 Å². The number of nitrogens with zero attached hydrogens (tertiary/aromatic N) is 1. The maximum atomic E-state index is 11.9. The van der Waals surface area contributed by atoms with E-state index in [2.05, 4.69) is 5.32 Å². The molecule has 0 fully saturated rings. The Kier molecular flexibility index (Phi) is 7.50. The van der Waals surface area contributed by atoms with Gasteiger partial charge in [0.25, 0.3) is 0 Å². The number of carbonyl (C=O) groups excluding carboxylic acids is 2. The second-order valence-electron chi connectivity index (χ2n) is 4.38. The summed E-state index contributed by atoms with van der Waals surface area (Å²) in [6.45, 7) is 3.75. The number of carboxylic acid groups (broad SMARTS) is 1. The summed E-state index contributed by atoms with van der Waals surface area (Å²) >= 11 is 0. The SMILES string of the molecule is CC(C)N(CCCO)C(=O)N[C@@H](CC(N)=O)C(=O)O. The monoisotopic (exact) mass is 275 g/mol. The number of hydrogen-bond acceptors (Lipinski definition) is 4. The molecule has 0 aliphatic heterocycles. The molecule has 19 heavy (non-hydrogen) atoms. The van der Waals surface area contributed by atoms with Gasteiger partial charge >= 0.3 is 12.0 Å². The third-order valence-electron chi connectivity index (χ3n) is 2.44. The number of aliphatic hydroxyl groups excluding tert-OH is 1. The number of carbonyl (C=O) groups is 3. The van der Waals surface area contributed by atoms with Gasteiger partial charge in [-0.05, 0) is 20.3 Å². The van der Waals surface area contributed by atoms with Gasteiger partial charge in [0.1, 0.15) is 6.04 Å². The lowest BCUT2D eigenvalue weighted by Crippen LogP contribution is -2.51. The molecule has 0 aliphatic carbocycles. The van der Waals surface area contributed by atoms with Crippen LogP contribution in [0.15, 0.2) is 0 Å². The van der Waals surface area contributed by atoms with Crippen LogP contribution in [0.3, 0.4) is 0 Å². The van der Waals surface area contributed by atoms with Gasteiger partial charge in [0.2, 0.25) is 5.91 Å². The third kappa shape index (κ3) is 6.61. The Morgan fingerprint density at radius 2 is 1.89 bits per heavy atom. The lowest BCUT2D eigenvalue weighted by Gasteiger charge is -2.28. The van der Waals surface area contributed by atoms with Gasteiger partial charge in [-0.25, -0.2) is 9.59 Å². The van der Waals surface area contributed by atoms with Crippen molar-refractivity contribution in [1.29, 1.82) is 0 Å². The minimum absolute atomic E-state index is 0.0693. The van der Waals surface area contributed by atoms with Crippen LogP contribution in [0.4, 0.5) is 4.79 Å². The van der Waals surface area contributed by atoms with Gasteiger partial charge in [0, 0.05) is 19.2 Å². The molecule has 0 rings (SSSR count). The second-order valence-corrected chi connectivity index (χ2v) is 4.38. The van der Waals surface area contributed by atoms with Crippen LogP contribution in [0.25, 0.3) is 0 Å². The van der Waals surface area contributed by atoms with Crippen molar-refractivity contribution < 1.29 is 24.6 Å². The highest BCUT2D eigenvalue weighted by atomic mass is 16.4. The van der Waals surface area contributed by atoms with Crippen LogP contribution < -0.4 is 11.1 Å². The summed E-state index contributed by atoms with van der Waals surface area (Å²) in [6, 6.07) is -2.10. The molecule has 8 nitrogen and oxygen atoms in total. The summed E-state index contributed by atoms with van der Waals surface area (Å²) < 4.78 is 0. The van der Waals surface area contributed by atoms with Crippen molar-refractivity contribution in [3.05, 3.63) is 0 Å². The van der Waals surface area contributed by atoms with E-state index < -0.39 is 30.4 Å². The minimum atomic E-state index is -1.35. The molecule has 0 radical (unpaired) electrons. The predicted molar refractivity (Wildman–Crippen MR) is 67.3 cm³/mol. The van der Waals surface area contributed by atoms with E-state index >= 15 is 0 Å². The number of rotatable bonds is 8. The molecule has 1 atom stereocenters. The summed E-state index contributed by atoms with van der Waals surface area (Å²) in [5.74, 6) is -2.13. The van der Waals surface area contributed by atoms with Gasteiger partial charge in [-0.1, -0.05) is 0 Å². The smallest absolute Gasteiger partial charge is 0.326 e. The highest BCUT2D eigenvalue weighted by Gasteiger charge is 2.25. The molecular weight excluding hydrogens is 254 g/mol. The molecule has 0 aromatic rings. The van der Waals surface area contributed by atoms with Crippen molar-refractivity contribution in [2.45, 2.75) is 38.8 Å². The number of nitrogens with one attached hydrogen (secondary N) is 1. The summed E-state index contributed by atoms with van der Waals surface area (Å²) in [6.07, 6.45) is -0.0772. The first-order valence-electron chi connectivity index (χ1n) is 5.98. The number of amides is 3. The van der Waals surface area contributed by atoms with Gasteiger partial charge < -0.3 is 26.2 Å². The maximum absolute atomic E-state index is 11.9. The molecule has 0 aromatic heterocycles. The molecule has 0 heterocycles. The molecule has 0 bridgehead atoms. The molecule has 5 N–H and O–H groups in total. The molecule has 0 aliphatic rings. The zero-order valence-electron chi connectivity index (χ0n) is 11.1. The first kappa shape index (κ1) is 17.2. The maximum Gasteiger partial charge on any atom is 0.326 e. The number of hydrogen-bond donors (Lipinski definition) is 4. The first-order valence-corrected chi connectivity index (χ1v) is 5.98. The summed E-state index contributed by atoms with van der Waals surface area (Å²) in [5, 5.41) is 19.9.